The zero-order valence-corrected chi connectivity index (χ0v) is 8.17. The van der Waals surface area contributed by atoms with Crippen molar-refractivity contribution in [1.82, 2.24) is 10.3 Å². The van der Waals surface area contributed by atoms with Gasteiger partial charge in [-0.05, 0) is 13.1 Å². The van der Waals surface area contributed by atoms with Crippen LogP contribution in [0.4, 0.5) is 19.0 Å². The van der Waals surface area contributed by atoms with Crippen molar-refractivity contribution in [1.29, 1.82) is 0 Å². The fourth-order valence-electron chi connectivity index (χ4n) is 1.32. The Labute approximate surface area is 85.5 Å². The second kappa shape index (κ2) is 4.48. The summed E-state index contributed by atoms with van der Waals surface area (Å²) in [4.78, 5) is 3.75. The van der Waals surface area contributed by atoms with Crippen molar-refractivity contribution >= 4 is 5.82 Å². The summed E-state index contributed by atoms with van der Waals surface area (Å²) >= 11 is 0. The lowest BCUT2D eigenvalue weighted by molar-refractivity contribution is -0.140. The van der Waals surface area contributed by atoms with E-state index >= 15 is 0 Å². The van der Waals surface area contributed by atoms with Gasteiger partial charge in [-0.1, -0.05) is 6.07 Å². The lowest BCUT2D eigenvalue weighted by Gasteiger charge is -2.19. The van der Waals surface area contributed by atoms with Crippen molar-refractivity contribution in [2.45, 2.75) is 18.6 Å². The van der Waals surface area contributed by atoms with Gasteiger partial charge < -0.3 is 11.1 Å². The van der Waals surface area contributed by atoms with Crippen LogP contribution in [-0.4, -0.2) is 18.2 Å². The molecule has 1 unspecified atom stereocenters. The average Bonchev–Trinajstić information content (AvgIpc) is 2.14. The van der Waals surface area contributed by atoms with Crippen LogP contribution in [0.25, 0.3) is 0 Å². The molecule has 0 aliphatic carbocycles. The number of alkyl halides is 3. The normalized spacial score (nSPS) is 13.9. The van der Waals surface area contributed by atoms with E-state index in [1.807, 2.05) is 0 Å². The Kier molecular flexibility index (Phi) is 3.52. The number of hydrogen-bond acceptors (Lipinski definition) is 3. The van der Waals surface area contributed by atoms with E-state index in [9.17, 15) is 13.2 Å². The number of anilines is 1. The smallest absolute Gasteiger partial charge is 0.383 e. The molecule has 15 heavy (non-hydrogen) atoms. The van der Waals surface area contributed by atoms with Gasteiger partial charge in [-0.2, -0.15) is 13.2 Å². The van der Waals surface area contributed by atoms with Crippen molar-refractivity contribution in [3.8, 4) is 0 Å². The van der Waals surface area contributed by atoms with E-state index in [0.29, 0.717) is 5.56 Å². The molecule has 0 amide bonds. The highest BCUT2D eigenvalue weighted by Crippen LogP contribution is 2.30. The van der Waals surface area contributed by atoms with Gasteiger partial charge in [0.15, 0.2) is 0 Å². The summed E-state index contributed by atoms with van der Waals surface area (Å²) in [5, 5.41) is 2.58. The number of nitrogens with zero attached hydrogens (tertiary/aromatic N) is 1. The van der Waals surface area contributed by atoms with Crippen LogP contribution in [-0.2, 0) is 0 Å². The van der Waals surface area contributed by atoms with Gasteiger partial charge in [0.25, 0.3) is 0 Å². The predicted molar refractivity (Wildman–Crippen MR) is 51.1 cm³/mol. The van der Waals surface area contributed by atoms with E-state index in [2.05, 4.69) is 10.3 Å². The van der Waals surface area contributed by atoms with Gasteiger partial charge in [-0.3, -0.25) is 0 Å². The molecule has 0 bridgehead atoms. The molecule has 0 fully saturated rings. The zero-order valence-electron chi connectivity index (χ0n) is 8.17. The maximum Gasteiger partial charge on any atom is 0.390 e. The third-order valence-electron chi connectivity index (χ3n) is 2.03. The van der Waals surface area contributed by atoms with Gasteiger partial charge in [-0.15, -0.1) is 0 Å². The maximum absolute atomic E-state index is 12.2. The van der Waals surface area contributed by atoms with Crippen LogP contribution in [0.1, 0.15) is 18.0 Å². The molecule has 1 aromatic rings. The Morgan fingerprint density at radius 1 is 1.53 bits per heavy atom. The van der Waals surface area contributed by atoms with Gasteiger partial charge in [0.05, 0.1) is 6.42 Å². The Hall–Kier alpha value is -1.30. The molecule has 1 heterocycles. The highest BCUT2D eigenvalue weighted by Gasteiger charge is 2.32. The summed E-state index contributed by atoms with van der Waals surface area (Å²) in [6, 6.07) is 2.25. The number of halogens is 3. The van der Waals surface area contributed by atoms with E-state index < -0.39 is 18.6 Å². The average molecular weight is 219 g/mol. The molecule has 0 saturated heterocycles. The number of hydrogen-bond donors (Lipinski definition) is 2. The Morgan fingerprint density at radius 2 is 2.20 bits per heavy atom. The predicted octanol–water partition coefficient (Wildman–Crippen LogP) is 1.88. The molecule has 0 aliphatic heterocycles. The minimum absolute atomic E-state index is 0.126. The lowest BCUT2D eigenvalue weighted by Crippen LogP contribution is -2.24. The van der Waals surface area contributed by atoms with Gasteiger partial charge in [0.1, 0.15) is 5.82 Å². The number of nitrogens with one attached hydrogen (secondary N) is 1. The molecule has 1 rings (SSSR count). The first-order valence-electron chi connectivity index (χ1n) is 4.38. The minimum Gasteiger partial charge on any atom is -0.383 e. The van der Waals surface area contributed by atoms with Crippen LogP contribution in [0.15, 0.2) is 18.3 Å². The van der Waals surface area contributed by atoms with Crippen LogP contribution < -0.4 is 11.1 Å². The second-order valence-corrected chi connectivity index (χ2v) is 3.14. The number of pyridine rings is 1. The molecule has 84 valence electrons. The molecule has 0 saturated carbocycles. The fourth-order valence-corrected chi connectivity index (χ4v) is 1.32. The molecule has 6 heteroatoms. The molecule has 0 aromatic carbocycles. The first-order chi connectivity index (χ1) is 6.94. The summed E-state index contributed by atoms with van der Waals surface area (Å²) in [5.74, 6) is 0.126. The van der Waals surface area contributed by atoms with Crippen LogP contribution in [0.5, 0.6) is 0 Å². The Balaban J connectivity index is 2.88. The van der Waals surface area contributed by atoms with Crippen molar-refractivity contribution in [3.63, 3.8) is 0 Å². The monoisotopic (exact) mass is 219 g/mol. The third kappa shape index (κ3) is 3.39. The summed E-state index contributed by atoms with van der Waals surface area (Å²) in [7, 11) is 1.46. The van der Waals surface area contributed by atoms with E-state index in [4.69, 9.17) is 5.73 Å². The van der Waals surface area contributed by atoms with Crippen molar-refractivity contribution in [3.05, 3.63) is 23.9 Å². The number of nitrogens with two attached hydrogens (primary N) is 1. The molecule has 0 spiro atoms. The Morgan fingerprint density at radius 3 is 2.67 bits per heavy atom. The van der Waals surface area contributed by atoms with Crippen molar-refractivity contribution < 1.29 is 13.2 Å². The third-order valence-corrected chi connectivity index (χ3v) is 2.03. The first kappa shape index (κ1) is 11.8. The van der Waals surface area contributed by atoms with Gasteiger partial charge >= 0.3 is 6.18 Å². The fraction of sp³-hybridized carbons (Fsp3) is 0.444. The van der Waals surface area contributed by atoms with E-state index in [-0.39, 0.29) is 5.82 Å². The number of aromatic nitrogens is 1. The Bertz CT molecular complexity index is 325. The largest absolute Gasteiger partial charge is 0.390 e. The van der Waals surface area contributed by atoms with E-state index in [1.165, 1.54) is 19.3 Å². The van der Waals surface area contributed by atoms with Crippen LogP contribution in [0.3, 0.4) is 0 Å². The molecule has 0 radical (unpaired) electrons. The molecule has 1 atom stereocenters. The molecule has 1 aromatic heterocycles. The summed E-state index contributed by atoms with van der Waals surface area (Å²) in [6.07, 6.45) is -3.74. The highest BCUT2D eigenvalue weighted by molar-refractivity contribution is 5.40. The van der Waals surface area contributed by atoms with Gasteiger partial charge in [-0.25, -0.2) is 4.98 Å². The van der Waals surface area contributed by atoms with Gasteiger partial charge in [0.2, 0.25) is 0 Å². The second-order valence-electron chi connectivity index (χ2n) is 3.14. The van der Waals surface area contributed by atoms with Crippen molar-refractivity contribution in [2.24, 2.45) is 0 Å². The number of rotatable bonds is 3. The standard InChI is InChI=1S/C9H12F3N3/c1-14-7(5-9(10,11)12)6-3-2-4-15-8(6)13/h2-4,7,14H,5H2,1H3,(H2,13,15). The van der Waals surface area contributed by atoms with Crippen LogP contribution >= 0.6 is 0 Å². The minimum atomic E-state index is -4.23. The molecule has 3 nitrogen and oxygen atoms in total. The molecular formula is C9H12F3N3. The molecular weight excluding hydrogens is 207 g/mol. The van der Waals surface area contributed by atoms with Crippen molar-refractivity contribution in [2.75, 3.05) is 12.8 Å². The highest BCUT2D eigenvalue weighted by atomic mass is 19.4. The van der Waals surface area contributed by atoms with Crippen LogP contribution in [0.2, 0.25) is 0 Å². The lowest BCUT2D eigenvalue weighted by atomic mass is 10.0. The molecule has 3 N–H and O–H groups in total. The van der Waals surface area contributed by atoms with Gasteiger partial charge in [0, 0.05) is 17.8 Å². The SMILES string of the molecule is CNC(CC(F)(F)F)c1cccnc1N. The first-order valence-corrected chi connectivity index (χ1v) is 4.38. The molecule has 0 aliphatic rings. The van der Waals surface area contributed by atoms with E-state index in [0.717, 1.165) is 0 Å². The van der Waals surface area contributed by atoms with E-state index in [1.54, 1.807) is 6.07 Å². The maximum atomic E-state index is 12.2. The zero-order chi connectivity index (χ0) is 11.5. The van der Waals surface area contributed by atoms with Crippen LogP contribution in [0, 0.1) is 0 Å². The summed E-state index contributed by atoms with van der Waals surface area (Å²) in [5.41, 5.74) is 5.87. The topological polar surface area (TPSA) is 50.9 Å². The summed E-state index contributed by atoms with van der Waals surface area (Å²) in [6.45, 7) is 0. The summed E-state index contributed by atoms with van der Waals surface area (Å²) < 4.78 is 36.6. The quantitative estimate of drug-likeness (QED) is 0.816. The number of nitrogen functional groups attached to an aromatic ring is 1.